The van der Waals surface area contributed by atoms with Crippen LogP contribution in [0, 0.1) is 11.3 Å². The summed E-state index contributed by atoms with van der Waals surface area (Å²) in [6, 6.07) is 16.7. The highest BCUT2D eigenvalue weighted by Gasteiger charge is 2.13. The van der Waals surface area contributed by atoms with Gasteiger partial charge in [0.25, 0.3) is 5.91 Å². The van der Waals surface area contributed by atoms with Crippen molar-refractivity contribution in [2.24, 2.45) is 0 Å². The molecule has 29 heavy (non-hydrogen) atoms. The molecule has 0 unspecified atom stereocenters. The lowest BCUT2D eigenvalue weighted by Crippen LogP contribution is -2.30. The maximum atomic E-state index is 12.1. The molecular weight excluding hydrogens is 388 g/mol. The molecule has 0 bridgehead atoms. The second kappa shape index (κ2) is 11.0. The topological polar surface area (TPSA) is 79.2 Å². The van der Waals surface area contributed by atoms with Crippen molar-refractivity contribution in [3.8, 4) is 6.07 Å². The number of amides is 1. The van der Waals surface area contributed by atoms with E-state index in [1.807, 2.05) is 42.5 Å². The van der Waals surface area contributed by atoms with Crippen molar-refractivity contribution in [3.05, 3.63) is 75.8 Å². The Kier molecular flexibility index (Phi) is 8.45. The number of benzene rings is 2. The van der Waals surface area contributed by atoms with Crippen LogP contribution in [0.5, 0.6) is 0 Å². The van der Waals surface area contributed by atoms with Crippen LogP contribution in [-0.4, -0.2) is 25.0 Å². The van der Waals surface area contributed by atoms with Crippen LogP contribution >= 0.6 is 11.6 Å². The van der Waals surface area contributed by atoms with Crippen molar-refractivity contribution in [2.45, 2.75) is 26.2 Å². The first kappa shape index (κ1) is 22.2. The van der Waals surface area contributed by atoms with E-state index in [2.05, 4.69) is 19.2 Å². The summed E-state index contributed by atoms with van der Waals surface area (Å²) in [5, 5.41) is 12.6. The molecule has 1 N–H and O–H groups in total. The number of halogens is 1. The Labute approximate surface area is 175 Å². The highest BCUT2D eigenvalue weighted by molar-refractivity contribution is 6.30. The SMILES string of the molecule is CC(C)c1ccc(/C=C(\C#N)C(=O)OCC(=O)NCCc2ccc(Cl)cc2)cc1. The fourth-order valence-electron chi connectivity index (χ4n) is 2.54. The van der Waals surface area contributed by atoms with Gasteiger partial charge in [0, 0.05) is 11.6 Å². The molecule has 0 atom stereocenters. The minimum Gasteiger partial charge on any atom is -0.451 e. The Morgan fingerprint density at radius 2 is 1.79 bits per heavy atom. The summed E-state index contributed by atoms with van der Waals surface area (Å²) < 4.78 is 4.95. The van der Waals surface area contributed by atoms with Crippen molar-refractivity contribution in [3.63, 3.8) is 0 Å². The van der Waals surface area contributed by atoms with E-state index >= 15 is 0 Å². The lowest BCUT2D eigenvalue weighted by Gasteiger charge is -2.07. The molecule has 0 saturated carbocycles. The Bertz CT molecular complexity index is 911. The fourth-order valence-corrected chi connectivity index (χ4v) is 2.66. The van der Waals surface area contributed by atoms with Crippen molar-refractivity contribution in [1.29, 1.82) is 5.26 Å². The first-order valence-corrected chi connectivity index (χ1v) is 9.67. The van der Waals surface area contributed by atoms with Crippen molar-refractivity contribution >= 4 is 29.6 Å². The molecular formula is C23H23ClN2O3. The second-order valence-electron chi connectivity index (χ2n) is 6.79. The van der Waals surface area contributed by atoms with E-state index < -0.39 is 18.5 Å². The third kappa shape index (κ3) is 7.44. The zero-order valence-corrected chi connectivity index (χ0v) is 17.2. The standard InChI is InChI=1S/C23H23ClN2O3/c1-16(2)19-7-3-18(4-8-19)13-20(14-25)23(28)29-15-22(27)26-12-11-17-5-9-21(24)10-6-17/h3-10,13,16H,11-12,15H2,1-2H3,(H,26,27)/b20-13+. The molecule has 0 aromatic heterocycles. The van der Waals surface area contributed by atoms with Crippen molar-refractivity contribution in [2.75, 3.05) is 13.2 Å². The molecule has 1 amide bonds. The zero-order chi connectivity index (χ0) is 21.2. The van der Waals surface area contributed by atoms with E-state index in [0.717, 1.165) is 11.1 Å². The van der Waals surface area contributed by atoms with Crippen LogP contribution in [0.1, 0.15) is 36.5 Å². The molecule has 0 saturated heterocycles. The summed E-state index contributed by atoms with van der Waals surface area (Å²) in [5.41, 5.74) is 2.76. The summed E-state index contributed by atoms with van der Waals surface area (Å²) in [6.45, 7) is 4.14. The number of hydrogen-bond acceptors (Lipinski definition) is 4. The molecule has 0 radical (unpaired) electrons. The van der Waals surface area contributed by atoms with Crippen LogP contribution in [0.3, 0.4) is 0 Å². The van der Waals surface area contributed by atoms with Gasteiger partial charge < -0.3 is 10.1 Å². The molecule has 0 aliphatic heterocycles. The van der Waals surface area contributed by atoms with Crippen molar-refractivity contribution < 1.29 is 14.3 Å². The lowest BCUT2D eigenvalue weighted by molar-refractivity contribution is -0.144. The highest BCUT2D eigenvalue weighted by Crippen LogP contribution is 2.16. The fraction of sp³-hybridized carbons (Fsp3) is 0.261. The van der Waals surface area contributed by atoms with Gasteiger partial charge in [-0.1, -0.05) is 61.8 Å². The summed E-state index contributed by atoms with van der Waals surface area (Å²) >= 11 is 5.83. The Balaban J connectivity index is 1.81. The van der Waals surface area contributed by atoms with Crippen LogP contribution in [-0.2, 0) is 20.7 Å². The molecule has 0 spiro atoms. The molecule has 150 valence electrons. The number of ether oxygens (including phenoxy) is 1. The van der Waals surface area contributed by atoms with Crippen molar-refractivity contribution in [1.82, 2.24) is 5.32 Å². The summed E-state index contributed by atoms with van der Waals surface area (Å²) in [6.07, 6.45) is 2.08. The summed E-state index contributed by atoms with van der Waals surface area (Å²) in [5.74, 6) is -0.856. The van der Waals surface area contributed by atoms with Gasteiger partial charge in [0.05, 0.1) is 0 Å². The van der Waals surface area contributed by atoms with E-state index in [1.54, 1.807) is 12.1 Å². The third-order valence-electron chi connectivity index (χ3n) is 4.24. The molecule has 2 rings (SSSR count). The van der Waals surface area contributed by atoms with Gasteiger partial charge in [-0.15, -0.1) is 0 Å². The first-order chi connectivity index (χ1) is 13.9. The summed E-state index contributed by atoms with van der Waals surface area (Å²) in [4.78, 5) is 23.9. The van der Waals surface area contributed by atoms with Gasteiger partial charge in [-0.25, -0.2) is 4.79 Å². The third-order valence-corrected chi connectivity index (χ3v) is 4.49. The number of esters is 1. The van der Waals surface area contributed by atoms with E-state index in [-0.39, 0.29) is 5.57 Å². The molecule has 0 heterocycles. The molecule has 2 aromatic rings. The second-order valence-corrected chi connectivity index (χ2v) is 7.23. The van der Waals surface area contributed by atoms with Gasteiger partial charge in [-0.05, 0) is 47.2 Å². The van der Waals surface area contributed by atoms with Gasteiger partial charge in [-0.2, -0.15) is 5.26 Å². The largest absolute Gasteiger partial charge is 0.451 e. The van der Waals surface area contributed by atoms with E-state index in [1.165, 1.54) is 11.6 Å². The number of carbonyl (C=O) groups excluding carboxylic acids is 2. The number of carbonyl (C=O) groups is 2. The minimum atomic E-state index is -0.826. The minimum absolute atomic E-state index is 0.156. The highest BCUT2D eigenvalue weighted by atomic mass is 35.5. The first-order valence-electron chi connectivity index (χ1n) is 9.29. The average Bonchev–Trinajstić information content (AvgIpc) is 2.72. The molecule has 2 aromatic carbocycles. The summed E-state index contributed by atoms with van der Waals surface area (Å²) in [7, 11) is 0. The average molecular weight is 411 g/mol. The van der Waals surface area contributed by atoms with Gasteiger partial charge in [0.1, 0.15) is 11.6 Å². The van der Waals surface area contributed by atoms with E-state index in [4.69, 9.17) is 16.3 Å². The smallest absolute Gasteiger partial charge is 0.349 e. The van der Waals surface area contributed by atoms with Gasteiger partial charge in [0.15, 0.2) is 6.61 Å². The lowest BCUT2D eigenvalue weighted by atomic mass is 10.0. The van der Waals surface area contributed by atoms with Crippen LogP contribution in [0.15, 0.2) is 54.1 Å². The molecule has 5 nitrogen and oxygen atoms in total. The maximum Gasteiger partial charge on any atom is 0.349 e. The zero-order valence-electron chi connectivity index (χ0n) is 16.4. The molecule has 0 fully saturated rings. The monoisotopic (exact) mass is 410 g/mol. The van der Waals surface area contributed by atoms with E-state index in [9.17, 15) is 14.9 Å². The Hall–Kier alpha value is -3.10. The number of hydrogen-bond donors (Lipinski definition) is 1. The predicted octanol–water partition coefficient (Wildman–Crippen LogP) is 4.27. The normalized spacial score (nSPS) is 11.1. The number of nitrogens with zero attached hydrogens (tertiary/aromatic N) is 1. The van der Waals surface area contributed by atoms with Gasteiger partial charge in [-0.3, -0.25) is 4.79 Å². The van der Waals surface area contributed by atoms with Gasteiger partial charge >= 0.3 is 5.97 Å². The van der Waals surface area contributed by atoms with Crippen LogP contribution in [0.2, 0.25) is 5.02 Å². The molecule has 0 aliphatic carbocycles. The quantitative estimate of drug-likeness (QED) is 0.400. The van der Waals surface area contributed by atoms with Gasteiger partial charge in [0.2, 0.25) is 0 Å². The maximum absolute atomic E-state index is 12.1. The predicted molar refractivity (Wildman–Crippen MR) is 113 cm³/mol. The number of nitriles is 1. The van der Waals surface area contributed by atoms with E-state index in [0.29, 0.717) is 23.9 Å². The number of rotatable bonds is 8. The molecule has 0 aliphatic rings. The molecule has 6 heteroatoms. The van der Waals surface area contributed by atoms with Crippen LogP contribution in [0.25, 0.3) is 6.08 Å². The van der Waals surface area contributed by atoms with Crippen LogP contribution < -0.4 is 5.32 Å². The van der Waals surface area contributed by atoms with Crippen LogP contribution in [0.4, 0.5) is 0 Å². The Morgan fingerprint density at radius 1 is 1.14 bits per heavy atom. The Morgan fingerprint density at radius 3 is 2.38 bits per heavy atom. The number of nitrogens with one attached hydrogen (secondary N) is 1.